The summed E-state index contributed by atoms with van der Waals surface area (Å²) in [5.41, 5.74) is -0.783. The van der Waals surface area contributed by atoms with E-state index < -0.39 is 15.4 Å². The lowest BCUT2D eigenvalue weighted by molar-refractivity contribution is -0.123. The van der Waals surface area contributed by atoms with Crippen molar-refractivity contribution in [1.82, 2.24) is 5.32 Å². The molecule has 3 unspecified atom stereocenters. The number of aliphatic hydroxyl groups is 1. The number of hydrogen-bond acceptors (Lipinski definition) is 4. The van der Waals surface area contributed by atoms with Gasteiger partial charge in [-0.2, -0.15) is 0 Å². The fourth-order valence-electron chi connectivity index (χ4n) is 3.42. The van der Waals surface area contributed by atoms with Crippen LogP contribution in [0, 0.1) is 11.8 Å². The van der Waals surface area contributed by atoms with Gasteiger partial charge in [0.1, 0.15) is 0 Å². The summed E-state index contributed by atoms with van der Waals surface area (Å²) < 4.78 is 22.7. The zero-order valence-electron chi connectivity index (χ0n) is 12.1. The second kappa shape index (κ2) is 6.02. The van der Waals surface area contributed by atoms with Crippen molar-refractivity contribution >= 4 is 15.7 Å². The molecule has 1 amide bonds. The van der Waals surface area contributed by atoms with Gasteiger partial charge < -0.3 is 10.4 Å². The van der Waals surface area contributed by atoms with Crippen molar-refractivity contribution in [2.24, 2.45) is 11.8 Å². The first-order chi connectivity index (χ1) is 9.28. The van der Waals surface area contributed by atoms with E-state index in [2.05, 4.69) is 12.2 Å². The van der Waals surface area contributed by atoms with Crippen LogP contribution in [0.2, 0.25) is 0 Å². The second-order valence-electron chi connectivity index (χ2n) is 6.68. The lowest BCUT2D eigenvalue weighted by Gasteiger charge is -2.35. The molecule has 1 aliphatic heterocycles. The molecule has 2 rings (SSSR count). The van der Waals surface area contributed by atoms with Crippen LogP contribution in [0.4, 0.5) is 0 Å². The largest absolute Gasteiger partial charge is 0.388 e. The number of hydrogen-bond donors (Lipinski definition) is 2. The number of carbonyl (C=O) groups is 1. The van der Waals surface area contributed by atoms with Gasteiger partial charge in [-0.1, -0.05) is 19.8 Å². The fourth-order valence-corrected chi connectivity index (χ4v) is 5.29. The average Bonchev–Trinajstić information content (AvgIpc) is 2.66. The van der Waals surface area contributed by atoms with Gasteiger partial charge in [0.15, 0.2) is 9.84 Å². The molecule has 116 valence electrons. The maximum absolute atomic E-state index is 11.9. The van der Waals surface area contributed by atoms with Gasteiger partial charge in [0.05, 0.1) is 17.1 Å². The smallest absolute Gasteiger partial charge is 0.220 e. The number of amides is 1. The summed E-state index contributed by atoms with van der Waals surface area (Å²) in [6, 6.07) is 0. The fraction of sp³-hybridized carbons (Fsp3) is 0.929. The molecule has 0 spiro atoms. The molecule has 3 atom stereocenters. The van der Waals surface area contributed by atoms with Crippen LogP contribution in [0.1, 0.15) is 45.4 Å². The zero-order valence-corrected chi connectivity index (χ0v) is 12.9. The Morgan fingerprint density at radius 1 is 1.40 bits per heavy atom. The SMILES string of the molecule is CC1CCCC(O)(CNC(=O)CC2CCS(=O)(=O)C2)C1. The molecule has 1 aliphatic carbocycles. The molecule has 0 radical (unpaired) electrons. The first-order valence-corrected chi connectivity index (χ1v) is 9.30. The Balaban J connectivity index is 1.75. The Kier molecular flexibility index (Phi) is 4.74. The lowest BCUT2D eigenvalue weighted by atomic mass is 9.79. The first kappa shape index (κ1) is 15.8. The minimum absolute atomic E-state index is 0.0556. The van der Waals surface area contributed by atoms with Crippen LogP contribution in [0.5, 0.6) is 0 Å². The maximum atomic E-state index is 11.9. The van der Waals surface area contributed by atoms with Crippen LogP contribution in [0.25, 0.3) is 0 Å². The van der Waals surface area contributed by atoms with E-state index in [0.29, 0.717) is 12.3 Å². The minimum atomic E-state index is -2.93. The van der Waals surface area contributed by atoms with Crippen LogP contribution < -0.4 is 5.32 Å². The van der Waals surface area contributed by atoms with Gasteiger partial charge in [-0.05, 0) is 31.1 Å². The number of sulfone groups is 1. The first-order valence-electron chi connectivity index (χ1n) is 7.47. The molecule has 2 N–H and O–H groups in total. The molecule has 6 heteroatoms. The predicted molar refractivity (Wildman–Crippen MR) is 77.0 cm³/mol. The van der Waals surface area contributed by atoms with E-state index in [0.717, 1.165) is 25.7 Å². The molecular weight excluding hydrogens is 278 g/mol. The molecule has 5 nitrogen and oxygen atoms in total. The summed E-state index contributed by atoms with van der Waals surface area (Å²) >= 11 is 0. The Morgan fingerprint density at radius 3 is 2.75 bits per heavy atom. The Labute approximate surface area is 121 Å². The number of carbonyl (C=O) groups excluding carboxylic acids is 1. The lowest BCUT2D eigenvalue weighted by Crippen LogP contribution is -2.46. The van der Waals surface area contributed by atoms with Crippen molar-refractivity contribution < 1.29 is 18.3 Å². The summed E-state index contributed by atoms with van der Waals surface area (Å²) in [5, 5.41) is 13.2. The van der Waals surface area contributed by atoms with Crippen LogP contribution in [0.15, 0.2) is 0 Å². The van der Waals surface area contributed by atoms with Gasteiger partial charge in [-0.3, -0.25) is 4.79 Å². The topological polar surface area (TPSA) is 83.5 Å². The third-order valence-electron chi connectivity index (χ3n) is 4.48. The highest BCUT2D eigenvalue weighted by Gasteiger charge is 2.34. The molecule has 1 saturated carbocycles. The monoisotopic (exact) mass is 303 g/mol. The van der Waals surface area contributed by atoms with E-state index in [1.807, 2.05) is 0 Å². The van der Waals surface area contributed by atoms with E-state index >= 15 is 0 Å². The molecule has 0 aromatic heterocycles. The highest BCUT2D eigenvalue weighted by molar-refractivity contribution is 7.91. The van der Waals surface area contributed by atoms with Crippen molar-refractivity contribution in [2.75, 3.05) is 18.1 Å². The van der Waals surface area contributed by atoms with Crippen molar-refractivity contribution in [3.63, 3.8) is 0 Å². The van der Waals surface area contributed by atoms with Gasteiger partial charge in [-0.25, -0.2) is 8.42 Å². The quantitative estimate of drug-likeness (QED) is 0.807. The molecule has 20 heavy (non-hydrogen) atoms. The van der Waals surface area contributed by atoms with Crippen LogP contribution in [0.3, 0.4) is 0 Å². The third kappa shape index (κ3) is 4.45. The van der Waals surface area contributed by atoms with Gasteiger partial charge >= 0.3 is 0 Å². The van der Waals surface area contributed by atoms with E-state index in [-0.39, 0.29) is 36.3 Å². The zero-order chi connectivity index (χ0) is 14.8. The predicted octanol–water partition coefficient (Wildman–Crippen LogP) is 0.869. The van der Waals surface area contributed by atoms with E-state index in [1.54, 1.807) is 0 Å². The minimum Gasteiger partial charge on any atom is -0.388 e. The molecule has 0 aromatic rings. The van der Waals surface area contributed by atoms with E-state index in [9.17, 15) is 18.3 Å². The third-order valence-corrected chi connectivity index (χ3v) is 6.32. The maximum Gasteiger partial charge on any atom is 0.220 e. The Morgan fingerprint density at radius 2 is 2.15 bits per heavy atom. The Hall–Kier alpha value is -0.620. The summed E-state index contributed by atoms with van der Waals surface area (Å²) in [6.07, 6.45) is 4.42. The molecule has 0 bridgehead atoms. The van der Waals surface area contributed by atoms with Gasteiger partial charge in [0.25, 0.3) is 0 Å². The molecule has 1 heterocycles. The van der Waals surface area contributed by atoms with Crippen LogP contribution in [-0.2, 0) is 14.6 Å². The summed E-state index contributed by atoms with van der Waals surface area (Å²) in [4.78, 5) is 11.9. The van der Waals surface area contributed by atoms with Crippen LogP contribution in [-0.4, -0.2) is 43.1 Å². The molecule has 1 saturated heterocycles. The molecular formula is C14H25NO4S. The Bertz CT molecular complexity index is 462. The highest BCUT2D eigenvalue weighted by atomic mass is 32.2. The normalized spacial score (nSPS) is 36.7. The average molecular weight is 303 g/mol. The summed E-state index contributed by atoms with van der Waals surface area (Å²) in [5.74, 6) is 0.623. The van der Waals surface area contributed by atoms with Gasteiger partial charge in [0, 0.05) is 13.0 Å². The highest BCUT2D eigenvalue weighted by Crippen LogP contribution is 2.31. The van der Waals surface area contributed by atoms with Crippen molar-refractivity contribution in [1.29, 1.82) is 0 Å². The van der Waals surface area contributed by atoms with Gasteiger partial charge in [-0.15, -0.1) is 0 Å². The summed E-state index contributed by atoms with van der Waals surface area (Å²) in [6.45, 7) is 2.41. The van der Waals surface area contributed by atoms with Gasteiger partial charge in [0.2, 0.25) is 5.91 Å². The number of nitrogens with one attached hydrogen (secondary N) is 1. The number of rotatable bonds is 4. The van der Waals surface area contributed by atoms with E-state index in [4.69, 9.17) is 0 Å². The second-order valence-corrected chi connectivity index (χ2v) is 8.90. The van der Waals surface area contributed by atoms with Crippen molar-refractivity contribution in [3.05, 3.63) is 0 Å². The molecule has 2 fully saturated rings. The standard InChI is InChI=1S/C14H25NO4S/c1-11-3-2-5-14(17,8-11)10-15-13(16)7-12-4-6-20(18,19)9-12/h11-12,17H,2-10H2,1H3,(H,15,16). The van der Waals surface area contributed by atoms with Crippen LogP contribution >= 0.6 is 0 Å². The molecule has 0 aromatic carbocycles. The van der Waals surface area contributed by atoms with Crippen molar-refractivity contribution in [3.8, 4) is 0 Å². The summed E-state index contributed by atoms with van der Waals surface area (Å²) in [7, 11) is -2.93. The van der Waals surface area contributed by atoms with Crippen molar-refractivity contribution in [2.45, 2.75) is 51.0 Å². The van der Waals surface area contributed by atoms with E-state index in [1.165, 1.54) is 0 Å². The molecule has 2 aliphatic rings.